The van der Waals surface area contributed by atoms with Crippen LogP contribution in [-0.4, -0.2) is 23.7 Å². The summed E-state index contributed by atoms with van der Waals surface area (Å²) < 4.78 is 4.96. The molecule has 0 fully saturated rings. The van der Waals surface area contributed by atoms with E-state index >= 15 is 0 Å². The first-order chi connectivity index (χ1) is 9.07. The second-order valence-electron chi connectivity index (χ2n) is 5.06. The van der Waals surface area contributed by atoms with Gasteiger partial charge in [-0.15, -0.1) is 0 Å². The maximum atomic E-state index is 11.4. The Bertz CT molecular complexity index is 251. The van der Waals surface area contributed by atoms with E-state index in [4.69, 9.17) is 9.84 Å². The molecule has 0 aromatic carbocycles. The zero-order valence-corrected chi connectivity index (χ0v) is 12.3. The van der Waals surface area contributed by atoms with Crippen LogP contribution in [0.5, 0.6) is 0 Å². The van der Waals surface area contributed by atoms with E-state index in [-0.39, 0.29) is 18.3 Å². The third-order valence-corrected chi connectivity index (χ3v) is 3.22. The van der Waals surface area contributed by atoms with E-state index in [1.165, 1.54) is 6.42 Å². The number of hydrogen-bond donors (Lipinski definition) is 1. The first-order valence-corrected chi connectivity index (χ1v) is 7.46. The normalized spacial score (nSPS) is 12.1. The molecule has 1 atom stereocenters. The Hall–Kier alpha value is -1.06. The second kappa shape index (κ2) is 12.0. The van der Waals surface area contributed by atoms with E-state index in [0.717, 1.165) is 44.9 Å². The largest absolute Gasteiger partial charge is 0.481 e. The molecular formula is C15H28O4. The van der Waals surface area contributed by atoms with Gasteiger partial charge in [0.15, 0.2) is 0 Å². The van der Waals surface area contributed by atoms with E-state index in [1.807, 2.05) is 13.8 Å². The molecule has 0 aromatic heterocycles. The maximum absolute atomic E-state index is 11.4. The highest BCUT2D eigenvalue weighted by molar-refractivity contribution is 5.71. The van der Waals surface area contributed by atoms with E-state index in [9.17, 15) is 9.59 Å². The van der Waals surface area contributed by atoms with Crippen molar-refractivity contribution in [1.29, 1.82) is 0 Å². The summed E-state index contributed by atoms with van der Waals surface area (Å²) in [5.74, 6) is -0.778. The summed E-state index contributed by atoms with van der Waals surface area (Å²) in [4.78, 5) is 21.7. The monoisotopic (exact) mass is 272 g/mol. The average molecular weight is 272 g/mol. The van der Waals surface area contributed by atoms with Gasteiger partial charge in [0, 0.05) is 6.42 Å². The van der Waals surface area contributed by atoms with Crippen molar-refractivity contribution < 1.29 is 19.4 Å². The molecule has 0 aliphatic heterocycles. The van der Waals surface area contributed by atoms with Gasteiger partial charge in [0.1, 0.15) is 0 Å². The minimum absolute atomic E-state index is 0.00974. The number of unbranched alkanes of at least 4 members (excludes halogenated alkanes) is 6. The highest BCUT2D eigenvalue weighted by Crippen LogP contribution is 2.14. The molecule has 0 heterocycles. The summed E-state index contributed by atoms with van der Waals surface area (Å²) in [5.41, 5.74) is 0. The maximum Gasteiger partial charge on any atom is 0.308 e. The molecule has 0 saturated heterocycles. The molecule has 0 radical (unpaired) electrons. The van der Waals surface area contributed by atoms with Crippen LogP contribution < -0.4 is 0 Å². The third-order valence-electron chi connectivity index (χ3n) is 3.22. The molecule has 4 heteroatoms. The molecule has 0 rings (SSSR count). The number of carbonyl (C=O) groups excluding carboxylic acids is 1. The fourth-order valence-corrected chi connectivity index (χ4v) is 2.01. The molecule has 0 aliphatic carbocycles. The second-order valence-corrected chi connectivity index (χ2v) is 5.06. The SMILES string of the molecule is CCOC(=O)C(C)CCCCCCCCCC(=O)O. The van der Waals surface area contributed by atoms with Crippen LogP contribution in [0.25, 0.3) is 0 Å². The summed E-state index contributed by atoms with van der Waals surface area (Å²) in [6.07, 6.45) is 8.63. The van der Waals surface area contributed by atoms with Crippen molar-refractivity contribution in [3.63, 3.8) is 0 Å². The first-order valence-electron chi connectivity index (χ1n) is 7.46. The Morgan fingerprint density at radius 2 is 1.53 bits per heavy atom. The lowest BCUT2D eigenvalue weighted by molar-refractivity contribution is -0.147. The lowest BCUT2D eigenvalue weighted by atomic mass is 10.0. The standard InChI is InChI=1S/C15H28O4/c1-3-19-15(18)13(2)11-9-7-5-4-6-8-10-12-14(16)17/h13H,3-12H2,1-2H3,(H,16,17). The highest BCUT2D eigenvalue weighted by atomic mass is 16.5. The van der Waals surface area contributed by atoms with Crippen LogP contribution >= 0.6 is 0 Å². The summed E-state index contributed by atoms with van der Waals surface area (Å²) in [5, 5.41) is 8.48. The quantitative estimate of drug-likeness (QED) is 0.434. The van der Waals surface area contributed by atoms with Crippen LogP contribution in [0.2, 0.25) is 0 Å². The Labute approximate surface area is 116 Å². The van der Waals surface area contributed by atoms with Crippen LogP contribution in [0.4, 0.5) is 0 Å². The van der Waals surface area contributed by atoms with Crippen LogP contribution in [0.15, 0.2) is 0 Å². The van der Waals surface area contributed by atoms with Gasteiger partial charge in [-0.2, -0.15) is 0 Å². The Kier molecular flexibility index (Phi) is 11.3. The van der Waals surface area contributed by atoms with Crippen LogP contribution in [0, 0.1) is 5.92 Å². The van der Waals surface area contributed by atoms with E-state index < -0.39 is 5.97 Å². The number of hydrogen-bond acceptors (Lipinski definition) is 3. The van der Waals surface area contributed by atoms with Crippen LogP contribution in [0.1, 0.15) is 71.6 Å². The molecular weight excluding hydrogens is 244 g/mol. The molecule has 0 aromatic rings. The summed E-state index contributed by atoms with van der Waals surface area (Å²) in [6, 6.07) is 0. The van der Waals surface area contributed by atoms with Crippen molar-refractivity contribution in [3.8, 4) is 0 Å². The lowest BCUT2D eigenvalue weighted by Gasteiger charge is -2.09. The predicted molar refractivity (Wildman–Crippen MR) is 75.0 cm³/mol. The number of carboxylic acid groups (broad SMARTS) is 1. The lowest BCUT2D eigenvalue weighted by Crippen LogP contribution is -2.14. The molecule has 1 unspecified atom stereocenters. The van der Waals surface area contributed by atoms with Gasteiger partial charge in [-0.05, 0) is 19.8 Å². The number of aliphatic carboxylic acids is 1. The van der Waals surface area contributed by atoms with Crippen molar-refractivity contribution in [1.82, 2.24) is 0 Å². The molecule has 0 bridgehead atoms. The van der Waals surface area contributed by atoms with Gasteiger partial charge in [0.25, 0.3) is 0 Å². The van der Waals surface area contributed by atoms with Gasteiger partial charge < -0.3 is 9.84 Å². The molecule has 0 spiro atoms. The Morgan fingerprint density at radius 1 is 1.00 bits per heavy atom. The molecule has 0 aliphatic rings. The van der Waals surface area contributed by atoms with E-state index in [2.05, 4.69) is 0 Å². The van der Waals surface area contributed by atoms with Crippen molar-refractivity contribution in [2.24, 2.45) is 5.92 Å². The van der Waals surface area contributed by atoms with Gasteiger partial charge in [0.05, 0.1) is 12.5 Å². The van der Waals surface area contributed by atoms with Crippen molar-refractivity contribution in [2.75, 3.05) is 6.61 Å². The third kappa shape index (κ3) is 11.7. The van der Waals surface area contributed by atoms with Gasteiger partial charge in [-0.3, -0.25) is 9.59 Å². The summed E-state index contributed by atoms with van der Waals surface area (Å²) in [6.45, 7) is 4.21. The van der Waals surface area contributed by atoms with Gasteiger partial charge in [-0.25, -0.2) is 0 Å². The van der Waals surface area contributed by atoms with Crippen molar-refractivity contribution in [3.05, 3.63) is 0 Å². The van der Waals surface area contributed by atoms with Gasteiger partial charge in [0.2, 0.25) is 0 Å². The van der Waals surface area contributed by atoms with Gasteiger partial charge in [-0.1, -0.05) is 45.4 Å². The highest BCUT2D eigenvalue weighted by Gasteiger charge is 2.12. The minimum atomic E-state index is -0.701. The zero-order chi connectivity index (χ0) is 14.5. The Morgan fingerprint density at radius 3 is 2.05 bits per heavy atom. The average Bonchev–Trinajstić information content (AvgIpc) is 2.36. The molecule has 0 amide bonds. The fraction of sp³-hybridized carbons (Fsp3) is 0.867. The topological polar surface area (TPSA) is 63.6 Å². The molecule has 19 heavy (non-hydrogen) atoms. The summed E-state index contributed by atoms with van der Waals surface area (Å²) >= 11 is 0. The molecule has 0 saturated carbocycles. The van der Waals surface area contributed by atoms with E-state index in [0.29, 0.717) is 6.61 Å². The number of ether oxygens (including phenoxy) is 1. The Balaban J connectivity index is 3.26. The molecule has 1 N–H and O–H groups in total. The van der Waals surface area contributed by atoms with Gasteiger partial charge >= 0.3 is 11.9 Å². The molecule has 4 nitrogen and oxygen atoms in total. The first kappa shape index (κ1) is 17.9. The number of esters is 1. The predicted octanol–water partition coefficient (Wildman–Crippen LogP) is 3.78. The van der Waals surface area contributed by atoms with Crippen LogP contribution in [0.3, 0.4) is 0 Å². The minimum Gasteiger partial charge on any atom is -0.481 e. The van der Waals surface area contributed by atoms with E-state index in [1.54, 1.807) is 0 Å². The zero-order valence-electron chi connectivity index (χ0n) is 12.3. The summed E-state index contributed by atoms with van der Waals surface area (Å²) in [7, 11) is 0. The molecule has 112 valence electrons. The smallest absolute Gasteiger partial charge is 0.308 e. The fourth-order valence-electron chi connectivity index (χ4n) is 2.01. The van der Waals surface area contributed by atoms with Crippen molar-refractivity contribution >= 4 is 11.9 Å². The number of carboxylic acids is 1. The number of rotatable bonds is 12. The van der Waals surface area contributed by atoms with Crippen molar-refractivity contribution in [2.45, 2.75) is 71.6 Å². The number of carbonyl (C=O) groups is 2. The van der Waals surface area contributed by atoms with Crippen LogP contribution in [-0.2, 0) is 14.3 Å².